The van der Waals surface area contributed by atoms with E-state index < -0.39 is 27.3 Å². The van der Waals surface area contributed by atoms with E-state index in [2.05, 4.69) is 5.32 Å². The monoisotopic (exact) mass is 306 g/mol. The number of nitrogens with one attached hydrogen (secondary N) is 2. The van der Waals surface area contributed by atoms with E-state index in [0.29, 0.717) is 25.4 Å². The van der Waals surface area contributed by atoms with Gasteiger partial charge in [-0.2, -0.15) is 0 Å². The average Bonchev–Trinajstić information content (AvgIpc) is 2.33. The molecule has 4 nitrogen and oxygen atoms in total. The molecule has 20 heavy (non-hydrogen) atoms. The maximum Gasteiger partial charge on any atom is 0.232 e. The van der Waals surface area contributed by atoms with Crippen molar-refractivity contribution < 1.29 is 17.2 Å². The van der Waals surface area contributed by atoms with Crippen LogP contribution in [0.15, 0.2) is 18.2 Å². The molecule has 114 valence electrons. The van der Waals surface area contributed by atoms with E-state index in [0.717, 1.165) is 12.1 Å². The summed E-state index contributed by atoms with van der Waals surface area (Å²) in [6, 6.07) is 3.54. The molecule has 7 heteroatoms. The molecule has 0 aliphatic rings. The van der Waals surface area contributed by atoms with Crippen molar-refractivity contribution >= 4 is 15.7 Å². The molecule has 0 fully saturated rings. The molecule has 0 saturated heterocycles. The molecular weight excluding hydrogens is 286 g/mol. The van der Waals surface area contributed by atoms with E-state index in [1.54, 1.807) is 0 Å². The van der Waals surface area contributed by atoms with E-state index >= 15 is 0 Å². The Morgan fingerprint density at radius 2 is 1.75 bits per heavy atom. The van der Waals surface area contributed by atoms with Gasteiger partial charge >= 0.3 is 0 Å². The van der Waals surface area contributed by atoms with Crippen LogP contribution in [-0.4, -0.2) is 26.8 Å². The minimum Gasteiger partial charge on any atom is -0.315 e. The van der Waals surface area contributed by atoms with Gasteiger partial charge in [0, 0.05) is 6.04 Å². The Bertz CT molecular complexity index is 513. The average molecular weight is 306 g/mol. The van der Waals surface area contributed by atoms with Crippen molar-refractivity contribution in [3.63, 3.8) is 0 Å². The van der Waals surface area contributed by atoms with Gasteiger partial charge in [0.1, 0.15) is 17.3 Å². The molecule has 0 radical (unpaired) electrons. The first-order valence-corrected chi connectivity index (χ1v) is 8.15. The van der Waals surface area contributed by atoms with Crippen LogP contribution in [0.25, 0.3) is 0 Å². The normalized spacial score (nSPS) is 11.8. The third kappa shape index (κ3) is 5.83. The zero-order valence-electron chi connectivity index (χ0n) is 11.6. The Labute approximate surface area is 118 Å². The lowest BCUT2D eigenvalue weighted by atomic mass is 10.3. The SMILES string of the molecule is CC(C)NCCCCS(=O)(=O)Nc1c(F)cccc1F. The lowest BCUT2D eigenvalue weighted by Gasteiger charge is -2.10. The summed E-state index contributed by atoms with van der Waals surface area (Å²) < 4.78 is 52.1. The second kappa shape index (κ2) is 7.54. The van der Waals surface area contributed by atoms with Gasteiger partial charge in [-0.05, 0) is 31.5 Å². The first-order valence-electron chi connectivity index (χ1n) is 6.50. The Hall–Kier alpha value is -1.21. The van der Waals surface area contributed by atoms with Gasteiger partial charge < -0.3 is 5.32 Å². The van der Waals surface area contributed by atoms with E-state index in [1.807, 2.05) is 18.6 Å². The van der Waals surface area contributed by atoms with Crippen LogP contribution in [0, 0.1) is 11.6 Å². The summed E-state index contributed by atoms with van der Waals surface area (Å²) in [6.07, 6.45) is 1.10. The maximum absolute atomic E-state index is 13.3. The van der Waals surface area contributed by atoms with Crippen molar-refractivity contribution in [2.45, 2.75) is 32.7 Å². The Kier molecular flexibility index (Phi) is 6.35. The highest BCUT2D eigenvalue weighted by Gasteiger charge is 2.16. The number of anilines is 1. The zero-order chi connectivity index (χ0) is 15.2. The van der Waals surface area contributed by atoms with Crippen LogP contribution < -0.4 is 10.0 Å². The van der Waals surface area contributed by atoms with Gasteiger partial charge in [0.15, 0.2) is 0 Å². The zero-order valence-corrected chi connectivity index (χ0v) is 12.4. The smallest absolute Gasteiger partial charge is 0.232 e. The summed E-state index contributed by atoms with van der Waals surface area (Å²) in [5.41, 5.74) is -0.618. The van der Waals surface area contributed by atoms with Gasteiger partial charge in [-0.1, -0.05) is 19.9 Å². The molecule has 0 unspecified atom stereocenters. The molecule has 1 aromatic rings. The Balaban J connectivity index is 2.50. The van der Waals surface area contributed by atoms with E-state index in [9.17, 15) is 17.2 Å². The van der Waals surface area contributed by atoms with E-state index in [-0.39, 0.29) is 5.75 Å². The standard InChI is InChI=1S/C13H20F2N2O2S/c1-10(2)16-8-3-4-9-20(18,19)17-13-11(14)6-5-7-12(13)15/h5-7,10,16-17H,3-4,8-9H2,1-2H3. The van der Waals surface area contributed by atoms with Crippen molar-refractivity contribution in [1.29, 1.82) is 0 Å². The summed E-state index contributed by atoms with van der Waals surface area (Å²) in [5.74, 6) is -2.01. The highest BCUT2D eigenvalue weighted by Crippen LogP contribution is 2.19. The molecule has 2 N–H and O–H groups in total. The fourth-order valence-corrected chi connectivity index (χ4v) is 2.80. The van der Waals surface area contributed by atoms with Gasteiger partial charge in [0.2, 0.25) is 10.0 Å². The lowest BCUT2D eigenvalue weighted by molar-refractivity contribution is 0.559. The minimum absolute atomic E-state index is 0.166. The highest BCUT2D eigenvalue weighted by molar-refractivity contribution is 7.92. The van der Waals surface area contributed by atoms with E-state index in [4.69, 9.17) is 0 Å². The third-order valence-corrected chi connectivity index (χ3v) is 3.95. The number of rotatable bonds is 8. The second-order valence-corrected chi connectivity index (χ2v) is 6.68. The van der Waals surface area contributed by atoms with Crippen LogP contribution in [-0.2, 0) is 10.0 Å². The lowest BCUT2D eigenvalue weighted by Crippen LogP contribution is -2.24. The largest absolute Gasteiger partial charge is 0.315 e. The number of sulfonamides is 1. The molecule has 0 atom stereocenters. The Morgan fingerprint density at radius 3 is 2.30 bits per heavy atom. The predicted octanol–water partition coefficient (Wildman–Crippen LogP) is 2.48. The molecule has 0 spiro atoms. The number of hydrogen-bond acceptors (Lipinski definition) is 3. The van der Waals surface area contributed by atoms with Crippen LogP contribution in [0.3, 0.4) is 0 Å². The number of para-hydroxylation sites is 1. The summed E-state index contributed by atoms with van der Waals surface area (Å²) in [4.78, 5) is 0. The highest BCUT2D eigenvalue weighted by atomic mass is 32.2. The van der Waals surface area contributed by atoms with Crippen LogP contribution in [0.2, 0.25) is 0 Å². The fraction of sp³-hybridized carbons (Fsp3) is 0.538. The molecule has 1 rings (SSSR count). The van der Waals surface area contributed by atoms with Crippen molar-refractivity contribution in [1.82, 2.24) is 5.32 Å². The molecule has 0 bridgehead atoms. The first kappa shape index (κ1) is 16.8. The summed E-state index contributed by atoms with van der Waals surface area (Å²) >= 11 is 0. The first-order chi connectivity index (χ1) is 9.32. The van der Waals surface area contributed by atoms with Gasteiger partial charge in [-0.25, -0.2) is 17.2 Å². The maximum atomic E-state index is 13.3. The minimum atomic E-state index is -3.74. The van der Waals surface area contributed by atoms with Gasteiger partial charge in [0.25, 0.3) is 0 Å². The van der Waals surface area contributed by atoms with Crippen molar-refractivity contribution in [2.75, 3.05) is 17.0 Å². The van der Waals surface area contributed by atoms with Crippen LogP contribution in [0.4, 0.5) is 14.5 Å². The molecule has 0 aromatic heterocycles. The quantitative estimate of drug-likeness (QED) is 0.726. The summed E-state index contributed by atoms with van der Waals surface area (Å²) in [6.45, 7) is 4.71. The third-order valence-electron chi connectivity index (χ3n) is 2.61. The van der Waals surface area contributed by atoms with Crippen molar-refractivity contribution in [3.8, 4) is 0 Å². The van der Waals surface area contributed by atoms with Crippen molar-refractivity contribution in [2.24, 2.45) is 0 Å². The van der Waals surface area contributed by atoms with Crippen LogP contribution in [0.5, 0.6) is 0 Å². The number of hydrogen-bond donors (Lipinski definition) is 2. The van der Waals surface area contributed by atoms with E-state index in [1.165, 1.54) is 6.07 Å². The molecule has 0 heterocycles. The van der Waals surface area contributed by atoms with Gasteiger partial charge in [-0.3, -0.25) is 4.72 Å². The number of unbranched alkanes of at least 4 members (excludes halogenated alkanes) is 1. The number of benzene rings is 1. The second-order valence-electron chi connectivity index (χ2n) is 4.83. The van der Waals surface area contributed by atoms with Crippen molar-refractivity contribution in [3.05, 3.63) is 29.8 Å². The van der Waals surface area contributed by atoms with Gasteiger partial charge in [-0.15, -0.1) is 0 Å². The topological polar surface area (TPSA) is 58.2 Å². The van der Waals surface area contributed by atoms with Crippen LogP contribution >= 0.6 is 0 Å². The summed E-state index contributed by atoms with van der Waals surface area (Å²) in [7, 11) is -3.74. The molecule has 0 amide bonds. The predicted molar refractivity (Wildman–Crippen MR) is 76.1 cm³/mol. The molecule has 0 aliphatic carbocycles. The molecular formula is C13H20F2N2O2S. The van der Waals surface area contributed by atoms with Gasteiger partial charge in [0.05, 0.1) is 5.75 Å². The fourth-order valence-electron chi connectivity index (χ4n) is 1.61. The Morgan fingerprint density at radius 1 is 1.15 bits per heavy atom. The summed E-state index contributed by atoms with van der Waals surface area (Å²) in [5, 5.41) is 3.16. The molecule has 1 aromatic carbocycles. The number of halogens is 2. The van der Waals surface area contributed by atoms with Crippen LogP contribution in [0.1, 0.15) is 26.7 Å². The molecule has 0 aliphatic heterocycles. The molecule has 0 saturated carbocycles.